The molecule has 1 aromatic carbocycles. The molecule has 0 aliphatic rings. The molecule has 3 aromatic heterocycles. The molecule has 146 valence electrons. The van der Waals surface area contributed by atoms with Crippen molar-refractivity contribution in [1.29, 1.82) is 0 Å². The van der Waals surface area contributed by atoms with Crippen molar-refractivity contribution in [2.45, 2.75) is 13.8 Å². The van der Waals surface area contributed by atoms with Gasteiger partial charge in [-0.1, -0.05) is 11.2 Å². The van der Waals surface area contributed by atoms with E-state index in [1.165, 1.54) is 6.33 Å². The van der Waals surface area contributed by atoms with Gasteiger partial charge in [-0.25, -0.2) is 9.97 Å². The molecule has 0 spiro atoms. The average Bonchev–Trinajstić information content (AvgIpc) is 3.37. The van der Waals surface area contributed by atoms with Crippen LogP contribution in [0.15, 0.2) is 53.6 Å². The molecule has 0 aliphatic heterocycles. The van der Waals surface area contributed by atoms with Gasteiger partial charge in [-0.3, -0.25) is 9.36 Å². The maximum absolute atomic E-state index is 12.7. The third-order valence-corrected chi connectivity index (χ3v) is 4.21. The molecule has 29 heavy (non-hydrogen) atoms. The summed E-state index contributed by atoms with van der Waals surface area (Å²) in [6.07, 6.45) is 4.74. The Kier molecular flexibility index (Phi) is 4.78. The summed E-state index contributed by atoms with van der Waals surface area (Å²) >= 11 is 0. The Morgan fingerprint density at radius 3 is 2.83 bits per heavy atom. The number of benzene rings is 1. The van der Waals surface area contributed by atoms with Gasteiger partial charge in [0.15, 0.2) is 11.6 Å². The smallest absolute Gasteiger partial charge is 0.275 e. The zero-order valence-corrected chi connectivity index (χ0v) is 16.1. The van der Waals surface area contributed by atoms with E-state index in [1.54, 1.807) is 43.1 Å². The Balaban J connectivity index is 1.63. The van der Waals surface area contributed by atoms with E-state index in [2.05, 4.69) is 25.4 Å². The highest BCUT2D eigenvalue weighted by molar-refractivity contribution is 6.03. The number of aryl methyl sites for hydroxylation is 2. The van der Waals surface area contributed by atoms with Crippen LogP contribution in [0.25, 0.3) is 17.3 Å². The van der Waals surface area contributed by atoms with Crippen molar-refractivity contribution in [3.63, 3.8) is 0 Å². The molecule has 0 radical (unpaired) electrons. The molecule has 0 unspecified atom stereocenters. The van der Waals surface area contributed by atoms with Gasteiger partial charge in [0.05, 0.1) is 18.4 Å². The van der Waals surface area contributed by atoms with Crippen LogP contribution in [0.2, 0.25) is 0 Å². The highest BCUT2D eigenvalue weighted by Gasteiger charge is 2.17. The Labute approximate surface area is 166 Å². The molecule has 0 saturated heterocycles. The molecule has 1 N–H and O–H groups in total. The van der Waals surface area contributed by atoms with Gasteiger partial charge in [-0.05, 0) is 43.7 Å². The first-order valence-corrected chi connectivity index (χ1v) is 8.81. The van der Waals surface area contributed by atoms with E-state index in [0.717, 1.165) is 5.56 Å². The molecule has 0 bridgehead atoms. The summed E-state index contributed by atoms with van der Waals surface area (Å²) in [7, 11) is 1.55. The zero-order valence-electron chi connectivity index (χ0n) is 16.1. The number of rotatable bonds is 5. The molecule has 1 amide bonds. The summed E-state index contributed by atoms with van der Waals surface area (Å²) in [5, 5.41) is 6.65. The minimum absolute atomic E-state index is 0.229. The normalized spacial score (nSPS) is 10.7. The number of aromatic nitrogens is 5. The topological polar surface area (TPSA) is 108 Å². The fraction of sp³-hybridized carbons (Fsp3) is 0.150. The van der Waals surface area contributed by atoms with Crippen LogP contribution >= 0.6 is 0 Å². The van der Waals surface area contributed by atoms with Crippen molar-refractivity contribution in [3.05, 3.63) is 66.1 Å². The molecular weight excluding hydrogens is 372 g/mol. The van der Waals surface area contributed by atoms with E-state index < -0.39 is 0 Å². The van der Waals surface area contributed by atoms with Crippen LogP contribution in [0.5, 0.6) is 5.75 Å². The highest BCUT2D eigenvalue weighted by atomic mass is 16.5. The molecule has 3 heterocycles. The van der Waals surface area contributed by atoms with Gasteiger partial charge in [0.25, 0.3) is 11.8 Å². The minimum Gasteiger partial charge on any atom is -0.495 e. The Hall–Kier alpha value is -4.01. The molecular formula is C20H18N6O3. The van der Waals surface area contributed by atoms with Crippen LogP contribution in [0.3, 0.4) is 0 Å². The van der Waals surface area contributed by atoms with Crippen molar-refractivity contribution in [2.75, 3.05) is 12.4 Å². The van der Waals surface area contributed by atoms with Crippen molar-refractivity contribution >= 4 is 11.6 Å². The second-order valence-corrected chi connectivity index (χ2v) is 6.35. The number of nitrogens with one attached hydrogen (secondary N) is 1. The number of hydrogen-bond acceptors (Lipinski definition) is 7. The summed E-state index contributed by atoms with van der Waals surface area (Å²) < 4.78 is 12.2. The van der Waals surface area contributed by atoms with Crippen LogP contribution in [-0.2, 0) is 0 Å². The van der Waals surface area contributed by atoms with Crippen molar-refractivity contribution in [1.82, 2.24) is 24.7 Å². The van der Waals surface area contributed by atoms with E-state index in [9.17, 15) is 4.79 Å². The third kappa shape index (κ3) is 3.70. The van der Waals surface area contributed by atoms with Gasteiger partial charge >= 0.3 is 0 Å². The Morgan fingerprint density at radius 1 is 1.21 bits per heavy atom. The van der Waals surface area contributed by atoms with E-state index in [4.69, 9.17) is 9.26 Å². The number of pyridine rings is 1. The number of amides is 1. The third-order valence-electron chi connectivity index (χ3n) is 4.21. The summed E-state index contributed by atoms with van der Waals surface area (Å²) in [4.78, 5) is 25.5. The second kappa shape index (κ2) is 7.55. The van der Waals surface area contributed by atoms with Gasteiger partial charge in [0.2, 0.25) is 0 Å². The first-order chi connectivity index (χ1) is 14.0. The number of methoxy groups -OCH3 is 1. The first kappa shape index (κ1) is 18.4. The maximum Gasteiger partial charge on any atom is 0.275 e. The number of hydrogen-bond donors (Lipinski definition) is 1. The number of carbonyl (C=O) groups is 1. The van der Waals surface area contributed by atoms with Gasteiger partial charge in [0, 0.05) is 12.4 Å². The van der Waals surface area contributed by atoms with Crippen molar-refractivity contribution in [2.24, 2.45) is 0 Å². The lowest BCUT2D eigenvalue weighted by Gasteiger charge is -2.10. The van der Waals surface area contributed by atoms with Gasteiger partial charge in [0.1, 0.15) is 17.8 Å². The number of nitrogens with zero attached hydrogens (tertiary/aromatic N) is 5. The highest BCUT2D eigenvalue weighted by Crippen LogP contribution is 2.26. The molecule has 0 atom stereocenters. The quantitative estimate of drug-likeness (QED) is 0.557. The number of ether oxygens (including phenoxy) is 1. The van der Waals surface area contributed by atoms with Gasteiger partial charge in [-0.15, -0.1) is 0 Å². The Bertz CT molecular complexity index is 1180. The van der Waals surface area contributed by atoms with Gasteiger partial charge in [-0.2, -0.15) is 4.98 Å². The number of imidazole rings is 1. The second-order valence-electron chi connectivity index (χ2n) is 6.35. The predicted molar refractivity (Wildman–Crippen MR) is 105 cm³/mol. The minimum atomic E-state index is -0.362. The number of carbonyl (C=O) groups excluding carboxylic acids is 1. The van der Waals surface area contributed by atoms with Crippen LogP contribution in [0.1, 0.15) is 21.9 Å². The Morgan fingerprint density at radius 2 is 2.07 bits per heavy atom. The summed E-state index contributed by atoms with van der Waals surface area (Å²) in [5.41, 5.74) is 2.44. The lowest BCUT2D eigenvalue weighted by atomic mass is 10.2. The van der Waals surface area contributed by atoms with Crippen LogP contribution in [0, 0.1) is 13.8 Å². The van der Waals surface area contributed by atoms with Crippen LogP contribution in [0.4, 0.5) is 5.69 Å². The fourth-order valence-electron chi connectivity index (χ4n) is 2.84. The maximum atomic E-state index is 12.7. The summed E-state index contributed by atoms with van der Waals surface area (Å²) in [6.45, 7) is 3.67. The molecule has 0 saturated carbocycles. The monoisotopic (exact) mass is 390 g/mol. The predicted octanol–water partition coefficient (Wildman–Crippen LogP) is 3.20. The molecule has 4 aromatic rings. The zero-order chi connectivity index (χ0) is 20.4. The fourth-order valence-corrected chi connectivity index (χ4v) is 2.84. The largest absolute Gasteiger partial charge is 0.495 e. The van der Waals surface area contributed by atoms with Crippen molar-refractivity contribution in [3.8, 4) is 23.0 Å². The summed E-state index contributed by atoms with van der Waals surface area (Å²) in [5.74, 6) is 1.60. The van der Waals surface area contributed by atoms with E-state index in [0.29, 0.717) is 34.5 Å². The van der Waals surface area contributed by atoms with Gasteiger partial charge < -0.3 is 14.6 Å². The standard InChI is InChI=1S/C20H18N6O3/c1-12-6-7-17(28-3)15(9-12)24-19(27)16-10-26(11-22-16)18-14(5-4-8-21-18)20-23-13(2)25-29-20/h4-11H,1-3H3,(H,24,27). The van der Waals surface area contributed by atoms with E-state index in [1.807, 2.05) is 25.1 Å². The molecule has 0 aliphatic carbocycles. The van der Waals surface area contributed by atoms with Crippen LogP contribution in [-0.4, -0.2) is 37.7 Å². The molecule has 4 rings (SSSR count). The lowest BCUT2D eigenvalue weighted by Crippen LogP contribution is -2.13. The van der Waals surface area contributed by atoms with E-state index >= 15 is 0 Å². The van der Waals surface area contributed by atoms with Crippen LogP contribution < -0.4 is 10.1 Å². The average molecular weight is 390 g/mol. The molecule has 9 nitrogen and oxygen atoms in total. The first-order valence-electron chi connectivity index (χ1n) is 8.81. The molecule has 0 fully saturated rings. The number of anilines is 1. The lowest BCUT2D eigenvalue weighted by molar-refractivity contribution is 0.102. The van der Waals surface area contributed by atoms with E-state index in [-0.39, 0.29) is 11.6 Å². The van der Waals surface area contributed by atoms with Crippen molar-refractivity contribution < 1.29 is 14.1 Å². The molecule has 9 heteroatoms. The SMILES string of the molecule is COc1ccc(C)cc1NC(=O)c1cn(-c2ncccc2-c2nc(C)no2)cn1. The summed E-state index contributed by atoms with van der Waals surface area (Å²) in [6, 6.07) is 9.13.